The van der Waals surface area contributed by atoms with Gasteiger partial charge in [-0.1, -0.05) is 12.1 Å². The van der Waals surface area contributed by atoms with Crippen LogP contribution in [0.2, 0.25) is 0 Å². The minimum Gasteiger partial charge on any atom is -0.354 e. The maximum Gasteiger partial charge on any atom is 0.416 e. The normalized spacial score (nSPS) is 14.5. The van der Waals surface area contributed by atoms with Gasteiger partial charge in [0.25, 0.3) is 5.91 Å². The number of nitrogens with zero attached hydrogens (tertiary/aromatic N) is 4. The van der Waals surface area contributed by atoms with E-state index in [1.807, 2.05) is 0 Å². The van der Waals surface area contributed by atoms with Crippen LogP contribution in [0.25, 0.3) is 0 Å². The van der Waals surface area contributed by atoms with Crippen LogP contribution < -0.4 is 4.90 Å². The Labute approximate surface area is 149 Å². The highest BCUT2D eigenvalue weighted by Gasteiger charge is 2.30. The van der Waals surface area contributed by atoms with Crippen molar-refractivity contribution in [2.75, 3.05) is 25.0 Å². The number of hydrogen-bond acceptors (Lipinski definition) is 4. The average molecular weight is 364 g/mol. The molecule has 1 amide bonds. The second-order valence-electron chi connectivity index (χ2n) is 6.32. The zero-order valence-electron chi connectivity index (χ0n) is 14.3. The first kappa shape index (κ1) is 18.2. The summed E-state index contributed by atoms with van der Waals surface area (Å²) in [6.45, 7) is 1.65. The molecule has 0 spiro atoms. The van der Waals surface area contributed by atoms with E-state index >= 15 is 0 Å². The third-order valence-electron chi connectivity index (χ3n) is 4.30. The number of rotatable bonds is 4. The number of aromatic nitrogens is 2. The Balaban J connectivity index is 1.75. The van der Waals surface area contributed by atoms with Gasteiger partial charge in [-0.25, -0.2) is 4.98 Å². The summed E-state index contributed by atoms with van der Waals surface area (Å²) < 4.78 is 38.5. The molecule has 3 rings (SSSR count). The van der Waals surface area contributed by atoms with E-state index < -0.39 is 11.7 Å². The van der Waals surface area contributed by atoms with Crippen molar-refractivity contribution in [3.63, 3.8) is 0 Å². The Morgan fingerprint density at radius 1 is 1.23 bits per heavy atom. The number of likely N-dealkylation sites (tertiary alicyclic amines) is 1. The topological polar surface area (TPSA) is 49.3 Å². The van der Waals surface area contributed by atoms with Gasteiger partial charge in [-0.05, 0) is 30.5 Å². The SMILES string of the molecule is CN(Cc1cccc(C(F)(F)F)c1)c1cncc(C(=O)N2CCCC2)n1. The van der Waals surface area contributed by atoms with Crippen molar-refractivity contribution in [3.8, 4) is 0 Å². The van der Waals surface area contributed by atoms with E-state index in [4.69, 9.17) is 0 Å². The summed E-state index contributed by atoms with van der Waals surface area (Å²) in [5, 5.41) is 0. The van der Waals surface area contributed by atoms with Gasteiger partial charge in [-0.15, -0.1) is 0 Å². The van der Waals surface area contributed by atoms with Gasteiger partial charge in [-0.2, -0.15) is 13.2 Å². The predicted molar refractivity (Wildman–Crippen MR) is 90.7 cm³/mol. The molecule has 0 N–H and O–H groups in total. The summed E-state index contributed by atoms with van der Waals surface area (Å²) >= 11 is 0. The molecule has 0 radical (unpaired) electrons. The lowest BCUT2D eigenvalue weighted by atomic mass is 10.1. The molecule has 0 unspecified atom stereocenters. The van der Waals surface area contributed by atoms with Crippen LogP contribution in [0.4, 0.5) is 19.0 Å². The number of carbonyl (C=O) groups excluding carboxylic acids is 1. The number of anilines is 1. The smallest absolute Gasteiger partial charge is 0.354 e. The molecule has 1 saturated heterocycles. The fourth-order valence-electron chi connectivity index (χ4n) is 2.93. The van der Waals surface area contributed by atoms with Gasteiger partial charge in [0.2, 0.25) is 0 Å². The third-order valence-corrected chi connectivity index (χ3v) is 4.30. The van der Waals surface area contributed by atoms with Gasteiger partial charge in [0, 0.05) is 26.7 Å². The highest BCUT2D eigenvalue weighted by atomic mass is 19.4. The van der Waals surface area contributed by atoms with Gasteiger partial charge in [-0.3, -0.25) is 9.78 Å². The number of amides is 1. The molecular formula is C18H19F3N4O. The maximum absolute atomic E-state index is 12.8. The fraction of sp³-hybridized carbons (Fsp3) is 0.389. The molecule has 1 aliphatic heterocycles. The molecule has 1 aliphatic rings. The summed E-state index contributed by atoms with van der Waals surface area (Å²) in [6.07, 6.45) is 0.496. The van der Waals surface area contributed by atoms with E-state index in [1.54, 1.807) is 22.9 Å². The van der Waals surface area contributed by atoms with Crippen LogP contribution in [0.3, 0.4) is 0 Å². The van der Waals surface area contributed by atoms with Crippen molar-refractivity contribution in [1.82, 2.24) is 14.9 Å². The first-order valence-corrected chi connectivity index (χ1v) is 8.33. The first-order valence-electron chi connectivity index (χ1n) is 8.33. The Kier molecular flexibility index (Phi) is 5.11. The molecule has 0 bridgehead atoms. The van der Waals surface area contributed by atoms with Gasteiger partial charge < -0.3 is 9.80 Å². The zero-order chi connectivity index (χ0) is 18.7. The molecule has 2 heterocycles. The molecular weight excluding hydrogens is 345 g/mol. The number of benzene rings is 1. The third kappa shape index (κ3) is 4.12. The second-order valence-corrected chi connectivity index (χ2v) is 6.32. The minimum absolute atomic E-state index is 0.163. The summed E-state index contributed by atoms with van der Waals surface area (Å²) in [7, 11) is 1.70. The zero-order valence-corrected chi connectivity index (χ0v) is 14.3. The summed E-state index contributed by atoms with van der Waals surface area (Å²) in [5.74, 6) is 0.275. The van der Waals surface area contributed by atoms with Crippen molar-refractivity contribution in [1.29, 1.82) is 0 Å². The van der Waals surface area contributed by atoms with E-state index in [0.717, 1.165) is 25.0 Å². The molecule has 5 nitrogen and oxygen atoms in total. The van der Waals surface area contributed by atoms with Crippen LogP contribution >= 0.6 is 0 Å². The monoisotopic (exact) mass is 364 g/mol. The van der Waals surface area contributed by atoms with Gasteiger partial charge in [0.1, 0.15) is 11.5 Å². The molecule has 8 heteroatoms. The van der Waals surface area contributed by atoms with Gasteiger partial charge >= 0.3 is 6.18 Å². The van der Waals surface area contributed by atoms with E-state index in [1.165, 1.54) is 18.5 Å². The van der Waals surface area contributed by atoms with E-state index in [0.29, 0.717) is 24.5 Å². The van der Waals surface area contributed by atoms with Crippen LogP contribution in [-0.2, 0) is 12.7 Å². The predicted octanol–water partition coefficient (Wildman–Crippen LogP) is 3.37. The van der Waals surface area contributed by atoms with Crippen molar-refractivity contribution < 1.29 is 18.0 Å². The number of halogens is 3. The molecule has 2 aromatic rings. The Morgan fingerprint density at radius 2 is 1.96 bits per heavy atom. The second kappa shape index (κ2) is 7.31. The Morgan fingerprint density at radius 3 is 2.65 bits per heavy atom. The largest absolute Gasteiger partial charge is 0.416 e. The molecule has 0 aliphatic carbocycles. The van der Waals surface area contributed by atoms with Crippen LogP contribution in [0, 0.1) is 0 Å². The van der Waals surface area contributed by atoms with Crippen molar-refractivity contribution in [2.45, 2.75) is 25.6 Å². The van der Waals surface area contributed by atoms with Crippen LogP contribution in [0.1, 0.15) is 34.5 Å². The number of hydrogen-bond donors (Lipinski definition) is 0. The van der Waals surface area contributed by atoms with Crippen LogP contribution in [-0.4, -0.2) is 40.9 Å². The Hall–Kier alpha value is -2.64. The molecule has 0 atom stereocenters. The first-order chi connectivity index (χ1) is 12.3. The minimum atomic E-state index is -4.38. The number of carbonyl (C=O) groups is 1. The molecule has 26 heavy (non-hydrogen) atoms. The maximum atomic E-state index is 12.8. The Bertz CT molecular complexity index is 788. The van der Waals surface area contributed by atoms with Crippen LogP contribution in [0.15, 0.2) is 36.7 Å². The fourth-order valence-corrected chi connectivity index (χ4v) is 2.93. The van der Waals surface area contributed by atoms with E-state index in [2.05, 4.69) is 9.97 Å². The lowest BCUT2D eigenvalue weighted by Crippen LogP contribution is -2.29. The van der Waals surface area contributed by atoms with Crippen molar-refractivity contribution >= 4 is 11.7 Å². The van der Waals surface area contributed by atoms with E-state index in [9.17, 15) is 18.0 Å². The molecule has 0 saturated carbocycles. The summed E-state index contributed by atoms with van der Waals surface area (Å²) in [4.78, 5) is 24.2. The van der Waals surface area contributed by atoms with Crippen molar-refractivity contribution in [3.05, 3.63) is 53.5 Å². The lowest BCUT2D eigenvalue weighted by molar-refractivity contribution is -0.137. The average Bonchev–Trinajstić information content (AvgIpc) is 3.15. The van der Waals surface area contributed by atoms with Gasteiger partial charge in [0.05, 0.1) is 18.0 Å². The van der Waals surface area contributed by atoms with Crippen molar-refractivity contribution in [2.24, 2.45) is 0 Å². The number of alkyl halides is 3. The van der Waals surface area contributed by atoms with E-state index in [-0.39, 0.29) is 18.1 Å². The quantitative estimate of drug-likeness (QED) is 0.835. The van der Waals surface area contributed by atoms with Crippen LogP contribution in [0.5, 0.6) is 0 Å². The standard InChI is InChI=1S/C18H19F3N4O/c1-24(12-13-5-4-6-14(9-13)18(19,20)21)16-11-22-10-15(23-16)17(26)25-7-2-3-8-25/h4-6,9-11H,2-3,7-8,12H2,1H3. The molecule has 1 fully saturated rings. The summed E-state index contributed by atoms with van der Waals surface area (Å²) in [6, 6.07) is 5.16. The molecule has 1 aromatic carbocycles. The molecule has 138 valence electrons. The summed E-state index contributed by atoms with van der Waals surface area (Å²) in [5.41, 5.74) is 0.0631. The molecule has 1 aromatic heterocycles. The highest BCUT2D eigenvalue weighted by Crippen LogP contribution is 2.30. The lowest BCUT2D eigenvalue weighted by Gasteiger charge is -2.20. The van der Waals surface area contributed by atoms with Gasteiger partial charge in [0.15, 0.2) is 0 Å². The highest BCUT2D eigenvalue weighted by molar-refractivity contribution is 5.92.